The van der Waals surface area contributed by atoms with Gasteiger partial charge in [0.25, 0.3) is 0 Å². The number of halogens is 1. The van der Waals surface area contributed by atoms with Crippen molar-refractivity contribution in [2.24, 2.45) is 0 Å². The SMILES string of the molecule is Cc1cc([N+](=O)[O-])c(NF)c([N+](=O)[O-])c1. The van der Waals surface area contributed by atoms with Gasteiger partial charge < -0.3 is 0 Å². The Morgan fingerprint density at radius 3 is 1.87 bits per heavy atom. The molecule has 0 aliphatic heterocycles. The average molecular weight is 215 g/mol. The molecule has 7 nitrogen and oxygen atoms in total. The van der Waals surface area contributed by atoms with Gasteiger partial charge in [-0.25, -0.2) is 5.54 Å². The van der Waals surface area contributed by atoms with Crippen molar-refractivity contribution in [1.29, 1.82) is 0 Å². The molecule has 80 valence electrons. The van der Waals surface area contributed by atoms with E-state index in [9.17, 15) is 24.7 Å². The maximum Gasteiger partial charge on any atom is 0.302 e. The molecule has 0 bridgehead atoms. The van der Waals surface area contributed by atoms with Crippen LogP contribution in [-0.4, -0.2) is 9.85 Å². The van der Waals surface area contributed by atoms with E-state index in [2.05, 4.69) is 0 Å². The van der Waals surface area contributed by atoms with Gasteiger partial charge in [-0.05, 0) is 12.5 Å². The van der Waals surface area contributed by atoms with Gasteiger partial charge in [0.05, 0.1) is 9.85 Å². The van der Waals surface area contributed by atoms with Gasteiger partial charge in [0.15, 0.2) is 0 Å². The summed E-state index contributed by atoms with van der Waals surface area (Å²) >= 11 is 0. The standard InChI is InChI=1S/C7H6FN3O4/c1-4-2-5(10(12)13)7(9-8)6(3-4)11(14)15/h2-3,9H,1H3. The van der Waals surface area contributed by atoms with Gasteiger partial charge in [0.1, 0.15) is 0 Å². The molecular formula is C7H6FN3O4. The first kappa shape index (κ1) is 10.8. The molecule has 0 saturated carbocycles. The molecule has 0 atom stereocenters. The molecule has 0 saturated heterocycles. The highest BCUT2D eigenvalue weighted by Gasteiger charge is 2.25. The number of aryl methyl sites for hydroxylation is 1. The Labute approximate surface area is 82.8 Å². The molecule has 0 radical (unpaired) electrons. The summed E-state index contributed by atoms with van der Waals surface area (Å²) in [5.41, 5.74) is -0.783. The zero-order valence-corrected chi connectivity index (χ0v) is 7.56. The molecule has 1 aromatic carbocycles. The van der Waals surface area contributed by atoms with Crippen LogP contribution in [0.3, 0.4) is 0 Å². The fourth-order valence-corrected chi connectivity index (χ4v) is 1.13. The molecular weight excluding hydrogens is 209 g/mol. The molecule has 0 fully saturated rings. The van der Waals surface area contributed by atoms with E-state index >= 15 is 0 Å². The average Bonchev–Trinajstić information content (AvgIpc) is 2.16. The van der Waals surface area contributed by atoms with Crippen molar-refractivity contribution in [1.82, 2.24) is 0 Å². The van der Waals surface area contributed by atoms with Crippen LogP contribution in [-0.2, 0) is 0 Å². The maximum atomic E-state index is 12.2. The molecule has 8 heteroatoms. The third-order valence-electron chi connectivity index (χ3n) is 1.73. The van der Waals surface area contributed by atoms with Crippen molar-refractivity contribution in [3.8, 4) is 0 Å². The van der Waals surface area contributed by atoms with Crippen molar-refractivity contribution in [2.75, 3.05) is 5.54 Å². The quantitative estimate of drug-likeness (QED) is 0.473. The Bertz CT molecular complexity index is 399. The second-order valence-corrected chi connectivity index (χ2v) is 2.79. The van der Waals surface area contributed by atoms with Crippen LogP contribution in [0.2, 0.25) is 0 Å². The number of nitro groups is 2. The largest absolute Gasteiger partial charge is 0.302 e. The minimum Gasteiger partial charge on any atom is -0.258 e. The second-order valence-electron chi connectivity index (χ2n) is 2.79. The van der Waals surface area contributed by atoms with Crippen LogP contribution >= 0.6 is 0 Å². The first-order chi connectivity index (χ1) is 6.97. The minimum atomic E-state index is -0.887. The zero-order chi connectivity index (χ0) is 11.6. The van der Waals surface area contributed by atoms with Crippen molar-refractivity contribution >= 4 is 17.1 Å². The molecule has 0 aromatic heterocycles. The third-order valence-corrected chi connectivity index (χ3v) is 1.73. The first-order valence-corrected chi connectivity index (χ1v) is 3.77. The minimum absolute atomic E-state index is 0.312. The Morgan fingerprint density at radius 2 is 1.60 bits per heavy atom. The second kappa shape index (κ2) is 3.86. The van der Waals surface area contributed by atoms with Gasteiger partial charge in [-0.3, -0.25) is 20.2 Å². The summed E-state index contributed by atoms with van der Waals surface area (Å²) in [6.07, 6.45) is 0. The summed E-state index contributed by atoms with van der Waals surface area (Å²) in [5.74, 6) is 0. The smallest absolute Gasteiger partial charge is 0.258 e. The summed E-state index contributed by atoms with van der Waals surface area (Å²) in [6, 6.07) is 2.10. The number of nitrogens with one attached hydrogen (secondary N) is 1. The predicted molar refractivity (Wildman–Crippen MR) is 49.2 cm³/mol. The molecule has 0 heterocycles. The Kier molecular flexibility index (Phi) is 2.79. The van der Waals surface area contributed by atoms with Gasteiger partial charge in [-0.15, -0.1) is 4.48 Å². The van der Waals surface area contributed by atoms with E-state index in [4.69, 9.17) is 0 Å². The monoisotopic (exact) mass is 215 g/mol. The molecule has 1 aromatic rings. The van der Waals surface area contributed by atoms with E-state index < -0.39 is 26.9 Å². The van der Waals surface area contributed by atoms with Crippen LogP contribution in [0.25, 0.3) is 0 Å². The van der Waals surface area contributed by atoms with Gasteiger partial charge in [0.2, 0.25) is 5.69 Å². The lowest BCUT2D eigenvalue weighted by atomic mass is 10.1. The third kappa shape index (κ3) is 1.98. The molecule has 0 unspecified atom stereocenters. The topological polar surface area (TPSA) is 98.3 Å². The van der Waals surface area contributed by atoms with Crippen LogP contribution in [0, 0.1) is 27.2 Å². The highest BCUT2D eigenvalue weighted by molar-refractivity contribution is 5.73. The number of anilines is 1. The molecule has 0 aliphatic carbocycles. The highest BCUT2D eigenvalue weighted by Crippen LogP contribution is 2.35. The van der Waals surface area contributed by atoms with Crippen LogP contribution in [0.4, 0.5) is 21.5 Å². The van der Waals surface area contributed by atoms with Crippen molar-refractivity contribution in [2.45, 2.75) is 6.92 Å². The Balaban J connectivity index is 3.52. The zero-order valence-electron chi connectivity index (χ0n) is 7.56. The van der Waals surface area contributed by atoms with Gasteiger partial charge in [0, 0.05) is 12.1 Å². The van der Waals surface area contributed by atoms with E-state index in [1.807, 2.05) is 0 Å². The fraction of sp³-hybridized carbons (Fsp3) is 0.143. The van der Waals surface area contributed by atoms with E-state index in [1.165, 1.54) is 6.92 Å². The van der Waals surface area contributed by atoms with E-state index in [0.717, 1.165) is 17.7 Å². The number of nitro benzene ring substituents is 2. The highest BCUT2D eigenvalue weighted by atomic mass is 19.2. The number of rotatable bonds is 3. The van der Waals surface area contributed by atoms with Crippen LogP contribution in [0.1, 0.15) is 5.56 Å². The van der Waals surface area contributed by atoms with E-state index in [-0.39, 0.29) is 0 Å². The lowest BCUT2D eigenvalue weighted by Crippen LogP contribution is -2.00. The first-order valence-electron chi connectivity index (χ1n) is 3.77. The molecule has 1 rings (SSSR count). The van der Waals surface area contributed by atoms with Crippen molar-refractivity contribution < 1.29 is 14.3 Å². The van der Waals surface area contributed by atoms with Gasteiger partial charge in [-0.1, -0.05) is 0 Å². The number of benzene rings is 1. The number of nitrogens with zero attached hydrogens (tertiary/aromatic N) is 2. The molecule has 15 heavy (non-hydrogen) atoms. The summed E-state index contributed by atoms with van der Waals surface area (Å²) in [5, 5.41) is 21.0. The molecule has 0 aliphatic rings. The maximum absolute atomic E-state index is 12.2. The van der Waals surface area contributed by atoms with Gasteiger partial charge >= 0.3 is 11.4 Å². The van der Waals surface area contributed by atoms with Crippen LogP contribution in [0.5, 0.6) is 0 Å². The predicted octanol–water partition coefficient (Wildman–Crippen LogP) is 2.11. The number of hydrogen-bond donors (Lipinski definition) is 1. The lowest BCUT2D eigenvalue weighted by Gasteiger charge is -2.01. The Hall–Kier alpha value is -2.25. The van der Waals surface area contributed by atoms with Crippen molar-refractivity contribution in [3.05, 3.63) is 37.9 Å². The molecule has 0 amide bonds. The molecule has 1 N–H and O–H groups in total. The van der Waals surface area contributed by atoms with E-state index in [1.54, 1.807) is 0 Å². The lowest BCUT2D eigenvalue weighted by molar-refractivity contribution is -0.392. The van der Waals surface area contributed by atoms with Crippen LogP contribution < -0.4 is 5.54 Å². The summed E-state index contributed by atoms with van der Waals surface area (Å²) in [7, 11) is 0. The summed E-state index contributed by atoms with van der Waals surface area (Å²) < 4.78 is 12.2. The Morgan fingerprint density at radius 1 is 1.20 bits per heavy atom. The normalized spacial score (nSPS) is 9.73. The van der Waals surface area contributed by atoms with Gasteiger partial charge in [-0.2, -0.15) is 0 Å². The molecule has 0 spiro atoms. The summed E-state index contributed by atoms with van der Waals surface area (Å²) in [6.45, 7) is 1.45. The summed E-state index contributed by atoms with van der Waals surface area (Å²) in [4.78, 5) is 19.2. The van der Waals surface area contributed by atoms with Crippen LogP contribution in [0.15, 0.2) is 12.1 Å². The fourth-order valence-electron chi connectivity index (χ4n) is 1.13. The van der Waals surface area contributed by atoms with E-state index in [0.29, 0.717) is 5.56 Å². The van der Waals surface area contributed by atoms with Crippen molar-refractivity contribution in [3.63, 3.8) is 0 Å². The number of hydrogen-bond acceptors (Lipinski definition) is 5.